The number of carbonyl (C=O) groups excluding carboxylic acids is 2. The Morgan fingerprint density at radius 3 is 2.47 bits per heavy atom. The standard InChI is InChI=1S/C30H31N3O2S/c1-20-9-12-25(13-10-20)33-16-15-32(19-22(33)3)29(34)24-11-14-27-26(17-24)31(4)30(35)28(36-27)18-23-8-6-5-7-21(23)2/h5-14,17-18,22H,15-16,19H2,1-4H3/b28-18-/t22-/m0/s1. The van der Waals surface area contributed by atoms with Crippen molar-refractivity contribution in [1.82, 2.24) is 4.90 Å². The van der Waals surface area contributed by atoms with Gasteiger partial charge in [0.25, 0.3) is 11.8 Å². The first kappa shape index (κ1) is 24.2. The molecule has 184 valence electrons. The number of hydrogen-bond acceptors (Lipinski definition) is 4. The zero-order chi connectivity index (χ0) is 25.4. The largest absolute Gasteiger partial charge is 0.365 e. The molecular formula is C30H31N3O2S. The number of piperazine rings is 1. The van der Waals surface area contributed by atoms with Gasteiger partial charge in [-0.2, -0.15) is 0 Å². The van der Waals surface area contributed by atoms with E-state index in [-0.39, 0.29) is 17.9 Å². The van der Waals surface area contributed by atoms with Gasteiger partial charge in [-0.1, -0.05) is 53.7 Å². The first-order chi connectivity index (χ1) is 17.3. The third-order valence-corrected chi connectivity index (χ3v) is 8.14. The van der Waals surface area contributed by atoms with E-state index in [0.717, 1.165) is 28.3 Å². The number of hydrogen-bond donors (Lipinski definition) is 0. The maximum Gasteiger partial charge on any atom is 0.264 e. The van der Waals surface area contributed by atoms with Gasteiger partial charge < -0.3 is 14.7 Å². The van der Waals surface area contributed by atoms with Crippen LogP contribution in [0.3, 0.4) is 0 Å². The highest BCUT2D eigenvalue weighted by Crippen LogP contribution is 2.42. The molecule has 3 aromatic carbocycles. The van der Waals surface area contributed by atoms with E-state index in [2.05, 4.69) is 43.0 Å². The number of thioether (sulfide) groups is 1. The Kier molecular flexibility index (Phi) is 6.63. The Labute approximate surface area is 217 Å². The summed E-state index contributed by atoms with van der Waals surface area (Å²) in [5, 5.41) is 0. The maximum absolute atomic E-state index is 13.4. The van der Waals surface area contributed by atoms with Crippen LogP contribution in [0.2, 0.25) is 0 Å². The van der Waals surface area contributed by atoms with E-state index in [0.29, 0.717) is 23.6 Å². The summed E-state index contributed by atoms with van der Waals surface area (Å²) in [7, 11) is 1.78. The number of amides is 2. The van der Waals surface area contributed by atoms with Crippen molar-refractivity contribution in [2.45, 2.75) is 31.7 Å². The number of benzene rings is 3. The van der Waals surface area contributed by atoms with Gasteiger partial charge in [-0.25, -0.2) is 0 Å². The van der Waals surface area contributed by atoms with Crippen molar-refractivity contribution in [2.75, 3.05) is 36.5 Å². The van der Waals surface area contributed by atoms with Crippen LogP contribution in [0, 0.1) is 13.8 Å². The van der Waals surface area contributed by atoms with Crippen molar-refractivity contribution < 1.29 is 9.59 Å². The summed E-state index contributed by atoms with van der Waals surface area (Å²) < 4.78 is 0. The van der Waals surface area contributed by atoms with E-state index < -0.39 is 0 Å². The van der Waals surface area contributed by atoms with Crippen LogP contribution in [0.25, 0.3) is 6.08 Å². The minimum absolute atomic E-state index is 0.0142. The molecule has 2 amide bonds. The molecule has 0 aromatic heterocycles. The molecule has 36 heavy (non-hydrogen) atoms. The molecule has 0 unspecified atom stereocenters. The lowest BCUT2D eigenvalue weighted by Crippen LogP contribution is -2.53. The normalized spacial score (nSPS) is 19.0. The number of carbonyl (C=O) groups is 2. The third-order valence-electron chi connectivity index (χ3n) is 7.06. The van der Waals surface area contributed by atoms with Gasteiger partial charge in [0.2, 0.25) is 0 Å². The number of rotatable bonds is 3. The van der Waals surface area contributed by atoms with Crippen LogP contribution in [-0.4, -0.2) is 49.4 Å². The van der Waals surface area contributed by atoms with Crippen LogP contribution in [0.15, 0.2) is 76.5 Å². The average molecular weight is 498 g/mol. The van der Waals surface area contributed by atoms with Gasteiger partial charge >= 0.3 is 0 Å². The minimum atomic E-state index is -0.0549. The zero-order valence-electron chi connectivity index (χ0n) is 21.2. The lowest BCUT2D eigenvalue weighted by molar-refractivity contribution is -0.114. The predicted molar refractivity (Wildman–Crippen MR) is 149 cm³/mol. The fraction of sp³-hybridized carbons (Fsp3) is 0.267. The summed E-state index contributed by atoms with van der Waals surface area (Å²) in [6.07, 6.45) is 1.95. The molecule has 0 radical (unpaired) electrons. The number of likely N-dealkylation sites (N-methyl/N-ethyl adjacent to an activating group) is 1. The Morgan fingerprint density at radius 1 is 1.00 bits per heavy atom. The number of fused-ring (bicyclic) bond motifs is 1. The van der Waals surface area contributed by atoms with Gasteiger partial charge in [-0.3, -0.25) is 9.59 Å². The monoisotopic (exact) mass is 497 g/mol. The molecule has 3 aromatic rings. The molecule has 2 heterocycles. The molecule has 2 aliphatic heterocycles. The molecule has 6 heteroatoms. The Balaban J connectivity index is 1.33. The molecule has 1 atom stereocenters. The highest BCUT2D eigenvalue weighted by molar-refractivity contribution is 8.04. The average Bonchev–Trinajstić information content (AvgIpc) is 2.88. The SMILES string of the molecule is Cc1ccc(N2CCN(C(=O)c3ccc4c(c3)N(C)C(=O)/C(=C/c3ccccc3C)S4)C[C@@H]2C)cc1. The molecule has 5 rings (SSSR count). The molecule has 2 aliphatic rings. The van der Waals surface area contributed by atoms with Crippen molar-refractivity contribution >= 4 is 41.0 Å². The molecule has 1 saturated heterocycles. The summed E-state index contributed by atoms with van der Waals surface area (Å²) in [6.45, 7) is 8.42. The smallest absolute Gasteiger partial charge is 0.264 e. The first-order valence-corrected chi connectivity index (χ1v) is 13.1. The van der Waals surface area contributed by atoms with Crippen molar-refractivity contribution in [3.8, 4) is 0 Å². The third kappa shape index (κ3) is 4.65. The van der Waals surface area contributed by atoms with Crippen LogP contribution < -0.4 is 9.80 Å². The van der Waals surface area contributed by atoms with E-state index in [9.17, 15) is 9.59 Å². The van der Waals surface area contributed by atoms with E-state index >= 15 is 0 Å². The summed E-state index contributed by atoms with van der Waals surface area (Å²) >= 11 is 1.47. The van der Waals surface area contributed by atoms with Crippen molar-refractivity contribution in [3.05, 3.63) is 93.9 Å². The van der Waals surface area contributed by atoms with Crippen molar-refractivity contribution in [1.29, 1.82) is 0 Å². The molecule has 0 aliphatic carbocycles. The maximum atomic E-state index is 13.4. The summed E-state index contributed by atoms with van der Waals surface area (Å²) in [5.74, 6) is -0.0407. The van der Waals surface area contributed by atoms with Crippen LogP contribution in [0.5, 0.6) is 0 Å². The number of anilines is 2. The van der Waals surface area contributed by atoms with Crippen LogP contribution in [0.4, 0.5) is 11.4 Å². The molecule has 0 saturated carbocycles. The topological polar surface area (TPSA) is 43.9 Å². The summed E-state index contributed by atoms with van der Waals surface area (Å²) in [6, 6.07) is 22.5. The quantitative estimate of drug-likeness (QED) is 0.431. The molecule has 5 nitrogen and oxygen atoms in total. The lowest BCUT2D eigenvalue weighted by atomic mass is 10.1. The first-order valence-electron chi connectivity index (χ1n) is 12.3. The minimum Gasteiger partial charge on any atom is -0.365 e. The van der Waals surface area contributed by atoms with Gasteiger partial charge in [-0.15, -0.1) is 0 Å². The molecule has 0 N–H and O–H groups in total. The van der Waals surface area contributed by atoms with E-state index in [1.165, 1.54) is 23.0 Å². The number of aryl methyl sites for hydroxylation is 2. The summed E-state index contributed by atoms with van der Waals surface area (Å²) in [4.78, 5) is 34.2. The van der Waals surface area contributed by atoms with Gasteiger partial charge in [-0.05, 0) is 68.3 Å². The molecular weight excluding hydrogens is 466 g/mol. The Bertz CT molecular complexity index is 1350. The van der Waals surface area contributed by atoms with E-state index in [1.807, 2.05) is 60.4 Å². The van der Waals surface area contributed by atoms with Gasteiger partial charge in [0.1, 0.15) is 0 Å². The second-order valence-corrected chi connectivity index (χ2v) is 10.7. The molecule has 0 spiro atoms. The Morgan fingerprint density at radius 2 is 1.75 bits per heavy atom. The Hall–Kier alpha value is -3.51. The highest BCUT2D eigenvalue weighted by atomic mass is 32.2. The highest BCUT2D eigenvalue weighted by Gasteiger charge is 2.30. The predicted octanol–water partition coefficient (Wildman–Crippen LogP) is 5.76. The van der Waals surface area contributed by atoms with Crippen LogP contribution in [0.1, 0.15) is 34.0 Å². The van der Waals surface area contributed by atoms with Gasteiger partial charge in [0.15, 0.2) is 0 Å². The van der Waals surface area contributed by atoms with Crippen molar-refractivity contribution in [3.63, 3.8) is 0 Å². The van der Waals surface area contributed by atoms with E-state index in [4.69, 9.17) is 0 Å². The molecule has 1 fully saturated rings. The van der Waals surface area contributed by atoms with E-state index in [1.54, 1.807) is 11.9 Å². The van der Waals surface area contributed by atoms with Crippen LogP contribution in [-0.2, 0) is 4.79 Å². The zero-order valence-corrected chi connectivity index (χ0v) is 22.0. The number of nitrogens with zero attached hydrogens (tertiary/aromatic N) is 3. The fourth-order valence-corrected chi connectivity index (χ4v) is 5.94. The molecule has 0 bridgehead atoms. The lowest BCUT2D eigenvalue weighted by Gasteiger charge is -2.41. The van der Waals surface area contributed by atoms with Gasteiger partial charge in [0.05, 0.1) is 10.6 Å². The van der Waals surface area contributed by atoms with Crippen molar-refractivity contribution in [2.24, 2.45) is 0 Å². The second kappa shape index (κ2) is 9.86. The van der Waals surface area contributed by atoms with Crippen LogP contribution >= 0.6 is 11.8 Å². The fourth-order valence-electron chi connectivity index (χ4n) is 4.86. The summed E-state index contributed by atoms with van der Waals surface area (Å²) in [5.41, 5.74) is 6.01. The second-order valence-electron chi connectivity index (χ2n) is 9.64. The van der Waals surface area contributed by atoms with Gasteiger partial charge in [0, 0.05) is 48.9 Å².